The van der Waals surface area contributed by atoms with Gasteiger partial charge in [-0.25, -0.2) is 9.18 Å². The van der Waals surface area contributed by atoms with Gasteiger partial charge in [-0.1, -0.05) is 36.4 Å². The Balaban J connectivity index is 1.47. The number of rotatable bonds is 10. The number of β-amino-alcohol motifs (C(OH)–C–C–N with tert-alkyl or cyclic N) is 1. The van der Waals surface area contributed by atoms with Crippen LogP contribution in [0.5, 0.6) is 0 Å². The van der Waals surface area contributed by atoms with Gasteiger partial charge in [-0.3, -0.25) is 4.90 Å². The summed E-state index contributed by atoms with van der Waals surface area (Å²) in [5.41, 5.74) is 3.41. The molecule has 0 amide bonds. The van der Waals surface area contributed by atoms with Crippen molar-refractivity contribution in [2.75, 3.05) is 19.7 Å². The zero-order chi connectivity index (χ0) is 23.1. The van der Waals surface area contributed by atoms with E-state index in [0.29, 0.717) is 18.2 Å². The fourth-order valence-electron chi connectivity index (χ4n) is 4.12. The number of nitrogens with zero attached hydrogens (tertiary/aromatic N) is 1. The minimum atomic E-state index is -0.981. The number of carbonyl (C=O) groups is 1. The zero-order valence-corrected chi connectivity index (χ0v) is 18.7. The molecule has 32 heavy (non-hydrogen) atoms. The van der Waals surface area contributed by atoms with E-state index in [1.165, 1.54) is 0 Å². The van der Waals surface area contributed by atoms with Crippen LogP contribution in [0.3, 0.4) is 0 Å². The third-order valence-electron chi connectivity index (χ3n) is 6.01. The third kappa shape index (κ3) is 6.99. The summed E-state index contributed by atoms with van der Waals surface area (Å²) in [4.78, 5) is 12.9. The SMILES string of the molecule is Cc1ccc(C[C@@H]2CCCN2C[C@@H](O)CO[C@H](C)c2ccc(/C=C/C(=O)O)cc2)cc1F. The molecular weight excluding hydrogens is 409 g/mol. The predicted molar refractivity (Wildman–Crippen MR) is 123 cm³/mol. The molecular formula is C26H32FNO4. The third-order valence-corrected chi connectivity index (χ3v) is 6.01. The lowest BCUT2D eigenvalue weighted by Crippen LogP contribution is -2.39. The number of aliphatic hydroxyl groups excluding tert-OH is 1. The Kier molecular flexibility index (Phi) is 8.56. The van der Waals surface area contributed by atoms with Gasteiger partial charge in [0.1, 0.15) is 5.82 Å². The van der Waals surface area contributed by atoms with E-state index in [1.54, 1.807) is 19.1 Å². The van der Waals surface area contributed by atoms with Crippen molar-refractivity contribution in [3.05, 3.63) is 76.6 Å². The number of hydrogen-bond donors (Lipinski definition) is 2. The lowest BCUT2D eigenvalue weighted by molar-refractivity contribution is -0.131. The van der Waals surface area contributed by atoms with Crippen LogP contribution < -0.4 is 0 Å². The first kappa shape index (κ1) is 24.1. The van der Waals surface area contributed by atoms with E-state index in [0.717, 1.165) is 48.6 Å². The van der Waals surface area contributed by atoms with Crippen LogP contribution in [0.4, 0.5) is 4.39 Å². The summed E-state index contributed by atoms with van der Waals surface area (Å²) in [5.74, 6) is -1.15. The monoisotopic (exact) mass is 441 g/mol. The first-order valence-corrected chi connectivity index (χ1v) is 11.1. The Labute approximate surface area is 189 Å². The summed E-state index contributed by atoms with van der Waals surface area (Å²) in [6, 6.07) is 13.2. The number of aliphatic carboxylic acids is 1. The fraction of sp³-hybridized carbons (Fsp3) is 0.423. The summed E-state index contributed by atoms with van der Waals surface area (Å²) in [5, 5.41) is 19.2. The average molecular weight is 442 g/mol. The first-order valence-electron chi connectivity index (χ1n) is 11.1. The molecule has 0 radical (unpaired) electrons. The highest BCUT2D eigenvalue weighted by Gasteiger charge is 2.27. The molecule has 1 saturated heterocycles. The molecule has 0 bridgehead atoms. The molecule has 0 saturated carbocycles. The van der Waals surface area contributed by atoms with Gasteiger partial charge in [0.25, 0.3) is 0 Å². The normalized spacial score (nSPS) is 18.8. The maximum Gasteiger partial charge on any atom is 0.328 e. The van der Waals surface area contributed by atoms with Crippen molar-refractivity contribution < 1.29 is 24.1 Å². The second-order valence-corrected chi connectivity index (χ2v) is 8.55. The largest absolute Gasteiger partial charge is 0.478 e. The van der Waals surface area contributed by atoms with Crippen LogP contribution in [0.25, 0.3) is 6.08 Å². The van der Waals surface area contributed by atoms with Crippen LogP contribution in [-0.2, 0) is 16.0 Å². The number of likely N-dealkylation sites (tertiary alicyclic amines) is 1. The van der Waals surface area contributed by atoms with Crippen LogP contribution in [0.2, 0.25) is 0 Å². The highest BCUT2D eigenvalue weighted by molar-refractivity contribution is 5.85. The van der Waals surface area contributed by atoms with Crippen LogP contribution in [0, 0.1) is 12.7 Å². The highest BCUT2D eigenvalue weighted by Crippen LogP contribution is 2.23. The summed E-state index contributed by atoms with van der Waals surface area (Å²) >= 11 is 0. The molecule has 1 aliphatic heterocycles. The Morgan fingerprint density at radius 3 is 2.72 bits per heavy atom. The van der Waals surface area contributed by atoms with Gasteiger partial charge >= 0.3 is 5.97 Å². The van der Waals surface area contributed by atoms with E-state index in [9.17, 15) is 14.3 Å². The van der Waals surface area contributed by atoms with Crippen molar-refractivity contribution in [3.63, 3.8) is 0 Å². The molecule has 6 heteroatoms. The van der Waals surface area contributed by atoms with E-state index in [1.807, 2.05) is 43.3 Å². The molecule has 2 N–H and O–H groups in total. The highest BCUT2D eigenvalue weighted by atomic mass is 19.1. The van der Waals surface area contributed by atoms with Gasteiger partial charge in [0.15, 0.2) is 0 Å². The van der Waals surface area contributed by atoms with Gasteiger partial charge in [-0.2, -0.15) is 0 Å². The van der Waals surface area contributed by atoms with Gasteiger partial charge in [-0.15, -0.1) is 0 Å². The molecule has 0 aromatic heterocycles. The van der Waals surface area contributed by atoms with E-state index in [2.05, 4.69) is 4.90 Å². The summed E-state index contributed by atoms with van der Waals surface area (Å²) in [7, 11) is 0. The number of carboxylic acid groups (broad SMARTS) is 1. The number of aryl methyl sites for hydroxylation is 1. The van der Waals surface area contributed by atoms with Crippen LogP contribution in [0.15, 0.2) is 48.5 Å². The molecule has 2 aromatic carbocycles. The first-order chi connectivity index (χ1) is 15.3. The quantitative estimate of drug-likeness (QED) is 0.536. The van der Waals surface area contributed by atoms with Crippen LogP contribution >= 0.6 is 0 Å². The molecule has 2 aromatic rings. The molecule has 1 heterocycles. The minimum Gasteiger partial charge on any atom is -0.478 e. The Morgan fingerprint density at radius 1 is 1.28 bits per heavy atom. The number of carboxylic acids is 1. The van der Waals surface area contributed by atoms with Crippen molar-refractivity contribution >= 4 is 12.0 Å². The van der Waals surface area contributed by atoms with Crippen LogP contribution in [0.1, 0.15) is 48.1 Å². The van der Waals surface area contributed by atoms with Gasteiger partial charge in [-0.05, 0) is 74.1 Å². The summed E-state index contributed by atoms with van der Waals surface area (Å²) in [6.07, 6.45) is 4.75. The van der Waals surface area contributed by atoms with E-state index >= 15 is 0 Å². The molecule has 0 spiro atoms. The van der Waals surface area contributed by atoms with Gasteiger partial charge in [0, 0.05) is 18.7 Å². The fourth-order valence-corrected chi connectivity index (χ4v) is 4.12. The summed E-state index contributed by atoms with van der Waals surface area (Å²) in [6.45, 7) is 5.38. The minimum absolute atomic E-state index is 0.166. The maximum absolute atomic E-state index is 13.9. The molecule has 3 atom stereocenters. The topological polar surface area (TPSA) is 70.0 Å². The van der Waals surface area contributed by atoms with Gasteiger partial charge < -0.3 is 14.9 Å². The smallest absolute Gasteiger partial charge is 0.328 e. The van der Waals surface area contributed by atoms with Crippen molar-refractivity contribution in [3.8, 4) is 0 Å². The molecule has 0 unspecified atom stereocenters. The van der Waals surface area contributed by atoms with Crippen molar-refractivity contribution in [1.29, 1.82) is 0 Å². The molecule has 172 valence electrons. The number of halogens is 1. The Morgan fingerprint density at radius 2 is 2.03 bits per heavy atom. The molecule has 1 aliphatic rings. The maximum atomic E-state index is 13.9. The second kappa shape index (κ2) is 11.4. The number of ether oxygens (including phenoxy) is 1. The van der Waals surface area contributed by atoms with Gasteiger partial charge in [0.2, 0.25) is 0 Å². The molecule has 5 nitrogen and oxygen atoms in total. The summed E-state index contributed by atoms with van der Waals surface area (Å²) < 4.78 is 19.8. The van der Waals surface area contributed by atoms with E-state index < -0.39 is 12.1 Å². The predicted octanol–water partition coefficient (Wildman–Crippen LogP) is 4.38. The van der Waals surface area contributed by atoms with Crippen molar-refractivity contribution in [2.45, 2.75) is 51.4 Å². The average Bonchev–Trinajstić information content (AvgIpc) is 3.19. The van der Waals surface area contributed by atoms with Crippen LogP contribution in [-0.4, -0.2) is 52.9 Å². The second-order valence-electron chi connectivity index (χ2n) is 8.55. The number of benzene rings is 2. The Hall–Kier alpha value is -2.54. The molecule has 0 aliphatic carbocycles. The molecule has 3 rings (SSSR count). The Bertz CT molecular complexity index is 928. The number of hydrogen-bond acceptors (Lipinski definition) is 4. The van der Waals surface area contributed by atoms with Crippen molar-refractivity contribution in [1.82, 2.24) is 4.90 Å². The zero-order valence-electron chi connectivity index (χ0n) is 18.7. The lowest BCUT2D eigenvalue weighted by atomic mass is 10.0. The van der Waals surface area contributed by atoms with Crippen molar-refractivity contribution in [2.24, 2.45) is 0 Å². The standard InChI is InChI=1S/C26H32FNO4/c1-18-5-6-21(15-25(18)27)14-23-4-3-13-28(23)16-24(29)17-32-19(2)22-10-7-20(8-11-22)9-12-26(30)31/h5-12,15,19,23-24,29H,3-4,13-14,16-17H2,1-2H3,(H,30,31)/b12-9+/t19-,23+,24-/m1/s1. The van der Waals surface area contributed by atoms with E-state index in [4.69, 9.17) is 9.84 Å². The van der Waals surface area contributed by atoms with Gasteiger partial charge in [0.05, 0.1) is 18.8 Å². The van der Waals surface area contributed by atoms with E-state index in [-0.39, 0.29) is 18.5 Å². The number of aliphatic hydroxyl groups is 1. The lowest BCUT2D eigenvalue weighted by Gasteiger charge is -2.27. The molecule has 1 fully saturated rings.